The summed E-state index contributed by atoms with van der Waals surface area (Å²) in [6.45, 7) is 2.67. The van der Waals surface area contributed by atoms with E-state index in [0.717, 1.165) is 11.0 Å². The van der Waals surface area contributed by atoms with E-state index < -0.39 is 33.0 Å². The van der Waals surface area contributed by atoms with Crippen LogP contribution in [0.5, 0.6) is 0 Å². The van der Waals surface area contributed by atoms with Crippen LogP contribution >= 0.6 is 0 Å². The topological polar surface area (TPSA) is 83.9 Å². The molecule has 0 saturated heterocycles. The van der Waals surface area contributed by atoms with E-state index in [2.05, 4.69) is 4.18 Å². The van der Waals surface area contributed by atoms with Crippen molar-refractivity contribution >= 4 is 16.2 Å². The summed E-state index contributed by atoms with van der Waals surface area (Å²) in [5, 5.41) is 8.88. The molecular formula is C9H12F3NO5S. The number of carbonyl (C=O) groups is 1. The molecule has 0 atom stereocenters. The molecule has 0 saturated carbocycles. The lowest BCUT2D eigenvalue weighted by molar-refractivity contribution is -0.0529. The molecule has 1 aliphatic heterocycles. The Morgan fingerprint density at radius 2 is 2.00 bits per heavy atom. The maximum Gasteiger partial charge on any atom is 0.534 e. The van der Waals surface area contributed by atoms with Gasteiger partial charge in [0.1, 0.15) is 5.76 Å². The van der Waals surface area contributed by atoms with Crippen LogP contribution in [-0.4, -0.2) is 42.1 Å². The first kappa shape index (κ1) is 15.6. The zero-order valence-electron chi connectivity index (χ0n) is 10.1. The number of hydrogen-bond donors (Lipinski definition) is 1. The first-order valence-electron chi connectivity index (χ1n) is 5.07. The third-order valence-corrected chi connectivity index (χ3v) is 3.57. The summed E-state index contributed by atoms with van der Waals surface area (Å²) in [4.78, 5) is 11.9. The van der Waals surface area contributed by atoms with Gasteiger partial charge < -0.3 is 9.29 Å². The Labute approximate surface area is 107 Å². The van der Waals surface area contributed by atoms with Crippen molar-refractivity contribution in [2.75, 3.05) is 6.54 Å². The Morgan fingerprint density at radius 3 is 2.37 bits per heavy atom. The number of hydrogen-bond acceptors (Lipinski definition) is 4. The van der Waals surface area contributed by atoms with Crippen LogP contribution in [0.25, 0.3) is 0 Å². The van der Waals surface area contributed by atoms with Crippen LogP contribution in [0.15, 0.2) is 11.8 Å². The fourth-order valence-electron chi connectivity index (χ4n) is 1.62. The third kappa shape index (κ3) is 3.31. The van der Waals surface area contributed by atoms with Gasteiger partial charge in [-0.1, -0.05) is 0 Å². The van der Waals surface area contributed by atoms with E-state index >= 15 is 0 Å². The lowest BCUT2D eigenvalue weighted by atomic mass is 9.94. The van der Waals surface area contributed by atoms with Gasteiger partial charge in [-0.15, -0.1) is 0 Å². The Kier molecular flexibility index (Phi) is 3.76. The first-order valence-corrected chi connectivity index (χ1v) is 6.48. The molecule has 0 aliphatic carbocycles. The van der Waals surface area contributed by atoms with Crippen molar-refractivity contribution in [3.05, 3.63) is 11.8 Å². The molecule has 0 unspecified atom stereocenters. The monoisotopic (exact) mass is 303 g/mol. The Hall–Kier alpha value is -1.45. The lowest BCUT2D eigenvalue weighted by Gasteiger charge is -2.39. The van der Waals surface area contributed by atoms with Crippen LogP contribution in [0.4, 0.5) is 18.0 Å². The molecule has 0 aromatic heterocycles. The fourth-order valence-corrected chi connectivity index (χ4v) is 2.13. The zero-order chi connectivity index (χ0) is 15.1. The zero-order valence-corrected chi connectivity index (χ0v) is 10.9. The van der Waals surface area contributed by atoms with E-state index in [4.69, 9.17) is 5.11 Å². The van der Waals surface area contributed by atoms with E-state index in [-0.39, 0.29) is 13.0 Å². The highest BCUT2D eigenvalue weighted by Crippen LogP contribution is 2.33. The summed E-state index contributed by atoms with van der Waals surface area (Å²) >= 11 is 0. The number of amides is 1. The minimum Gasteiger partial charge on any atom is -0.465 e. The van der Waals surface area contributed by atoms with Crippen LogP contribution in [-0.2, 0) is 14.3 Å². The van der Waals surface area contributed by atoms with Crippen LogP contribution in [0.2, 0.25) is 0 Å². The number of halogens is 3. The molecule has 10 heteroatoms. The molecule has 1 aliphatic rings. The number of nitrogens with zero attached hydrogens (tertiary/aromatic N) is 1. The summed E-state index contributed by atoms with van der Waals surface area (Å²) in [5.74, 6) is -0.417. The van der Waals surface area contributed by atoms with E-state index in [1.807, 2.05) is 0 Å². The quantitative estimate of drug-likeness (QED) is 0.622. The average molecular weight is 303 g/mol. The van der Waals surface area contributed by atoms with Crippen LogP contribution in [0, 0.1) is 0 Å². The SMILES string of the molecule is CC1(C)CC(OS(=O)(=O)C(F)(F)F)=CCN1C(=O)O. The van der Waals surface area contributed by atoms with Gasteiger partial charge in [-0.2, -0.15) is 21.6 Å². The van der Waals surface area contributed by atoms with Gasteiger partial charge in [0.05, 0.1) is 0 Å². The molecule has 1 rings (SSSR count). The predicted molar refractivity (Wildman–Crippen MR) is 57.6 cm³/mol. The Bertz CT molecular complexity index is 508. The average Bonchev–Trinajstić information content (AvgIpc) is 2.12. The molecule has 0 bridgehead atoms. The molecule has 0 radical (unpaired) electrons. The van der Waals surface area contributed by atoms with E-state index in [1.54, 1.807) is 0 Å². The summed E-state index contributed by atoms with van der Waals surface area (Å²) in [7, 11) is -5.72. The molecule has 110 valence electrons. The number of carboxylic acid groups (broad SMARTS) is 1. The van der Waals surface area contributed by atoms with Crippen LogP contribution in [0.1, 0.15) is 20.3 Å². The maximum atomic E-state index is 12.1. The predicted octanol–water partition coefficient (Wildman–Crippen LogP) is 1.90. The standard InChI is InChI=1S/C9H12F3NO5S/c1-8(2)5-6(3-4-13(8)7(14)15)18-19(16,17)9(10,11)12/h3H,4-5H2,1-2H3,(H,14,15). The molecule has 1 N–H and O–H groups in total. The van der Waals surface area contributed by atoms with Gasteiger partial charge in [0, 0.05) is 18.5 Å². The first-order chi connectivity index (χ1) is 8.37. The second-order valence-corrected chi connectivity index (χ2v) is 6.07. The van der Waals surface area contributed by atoms with Crippen molar-refractivity contribution in [2.45, 2.75) is 31.3 Å². The minimum atomic E-state index is -5.72. The second-order valence-electron chi connectivity index (χ2n) is 4.54. The molecule has 0 fully saturated rings. The van der Waals surface area contributed by atoms with E-state index in [1.165, 1.54) is 13.8 Å². The second kappa shape index (κ2) is 4.58. The van der Waals surface area contributed by atoms with Crippen molar-refractivity contribution in [3.63, 3.8) is 0 Å². The van der Waals surface area contributed by atoms with E-state index in [9.17, 15) is 26.4 Å². The highest BCUT2D eigenvalue weighted by molar-refractivity contribution is 7.87. The lowest BCUT2D eigenvalue weighted by Crippen LogP contribution is -2.50. The summed E-state index contributed by atoms with van der Waals surface area (Å²) < 4.78 is 62.1. The van der Waals surface area contributed by atoms with Gasteiger partial charge >= 0.3 is 21.7 Å². The van der Waals surface area contributed by atoms with Gasteiger partial charge in [-0.25, -0.2) is 4.79 Å². The smallest absolute Gasteiger partial charge is 0.465 e. The fraction of sp³-hybridized carbons (Fsp3) is 0.667. The van der Waals surface area contributed by atoms with Crippen molar-refractivity contribution < 1.29 is 35.7 Å². The molecule has 6 nitrogen and oxygen atoms in total. The van der Waals surface area contributed by atoms with Crippen LogP contribution < -0.4 is 0 Å². The third-order valence-electron chi connectivity index (χ3n) is 2.57. The Balaban J connectivity index is 2.94. The Morgan fingerprint density at radius 1 is 1.47 bits per heavy atom. The number of alkyl halides is 3. The summed E-state index contributed by atoms with van der Waals surface area (Å²) in [5.41, 5.74) is -6.57. The van der Waals surface area contributed by atoms with Gasteiger partial charge in [0.2, 0.25) is 0 Å². The van der Waals surface area contributed by atoms with Gasteiger partial charge in [0.25, 0.3) is 0 Å². The largest absolute Gasteiger partial charge is 0.534 e. The molecule has 0 spiro atoms. The normalized spacial score (nSPS) is 19.8. The maximum absolute atomic E-state index is 12.1. The number of rotatable bonds is 2. The highest BCUT2D eigenvalue weighted by atomic mass is 32.2. The molecular weight excluding hydrogens is 291 g/mol. The molecule has 1 amide bonds. The van der Waals surface area contributed by atoms with Gasteiger partial charge in [-0.3, -0.25) is 4.90 Å². The van der Waals surface area contributed by atoms with Crippen LogP contribution in [0.3, 0.4) is 0 Å². The molecule has 1 heterocycles. The van der Waals surface area contributed by atoms with Crippen molar-refractivity contribution in [3.8, 4) is 0 Å². The summed E-state index contributed by atoms with van der Waals surface area (Å²) in [6.07, 6.45) is -0.518. The molecule has 0 aromatic carbocycles. The highest BCUT2D eigenvalue weighted by Gasteiger charge is 2.49. The van der Waals surface area contributed by atoms with Crippen molar-refractivity contribution in [2.24, 2.45) is 0 Å². The minimum absolute atomic E-state index is 0.245. The van der Waals surface area contributed by atoms with Gasteiger partial charge in [-0.05, 0) is 19.9 Å². The van der Waals surface area contributed by atoms with E-state index in [0.29, 0.717) is 0 Å². The molecule has 0 aromatic rings. The van der Waals surface area contributed by atoms with Crippen molar-refractivity contribution in [1.29, 1.82) is 0 Å². The van der Waals surface area contributed by atoms with Gasteiger partial charge in [0.15, 0.2) is 0 Å². The van der Waals surface area contributed by atoms with Crippen molar-refractivity contribution in [1.82, 2.24) is 4.90 Å². The molecule has 19 heavy (non-hydrogen) atoms. The summed E-state index contributed by atoms with van der Waals surface area (Å²) in [6, 6.07) is 0.